The van der Waals surface area contributed by atoms with Gasteiger partial charge in [-0.3, -0.25) is 5.10 Å². The average molecular weight is 396 g/mol. The number of carbonyl (C=O) groups is 1. The van der Waals surface area contributed by atoms with Crippen LogP contribution in [0.4, 0.5) is 20.6 Å². The minimum Gasteiger partial charge on any atom is -0.497 e. The second-order valence-corrected chi connectivity index (χ2v) is 6.79. The Hall–Kier alpha value is -3.55. The number of aromatic nitrogens is 2. The number of benzene rings is 2. The number of carbonyl (C=O) groups excluding carboxylic acids is 1. The van der Waals surface area contributed by atoms with Crippen molar-refractivity contribution < 1.29 is 18.7 Å². The van der Waals surface area contributed by atoms with E-state index in [-0.39, 0.29) is 0 Å². The lowest BCUT2D eigenvalue weighted by atomic mass is 10.1. The summed E-state index contributed by atoms with van der Waals surface area (Å²) in [5, 5.41) is 13.0. The zero-order valence-electron chi connectivity index (χ0n) is 16.1. The Morgan fingerprint density at radius 3 is 2.66 bits per heavy atom. The minimum absolute atomic E-state index is 0.324. The molecule has 1 fully saturated rings. The number of methoxy groups -OCH3 is 2. The van der Waals surface area contributed by atoms with Crippen molar-refractivity contribution in [1.82, 2.24) is 10.2 Å². The van der Waals surface area contributed by atoms with Gasteiger partial charge in [0.05, 0.1) is 25.6 Å². The van der Waals surface area contributed by atoms with Crippen LogP contribution in [0.3, 0.4) is 0 Å². The molecule has 3 aromatic rings. The van der Waals surface area contributed by atoms with Crippen molar-refractivity contribution in [3.63, 3.8) is 0 Å². The number of nitrogens with zero attached hydrogens (tertiary/aromatic N) is 1. The highest BCUT2D eigenvalue weighted by Gasteiger charge is 2.31. The molecular weight excluding hydrogens is 375 g/mol. The van der Waals surface area contributed by atoms with Crippen LogP contribution in [0.15, 0.2) is 42.5 Å². The molecule has 4 rings (SSSR count). The number of ether oxygens (including phenoxy) is 2. The SMILES string of the molecule is COc1ccc(-c2n[nH]c(C3CC3)c2NC(=O)Nc2cccc(F)c2)c(OC)c1. The van der Waals surface area contributed by atoms with Gasteiger partial charge >= 0.3 is 6.03 Å². The molecule has 7 nitrogen and oxygen atoms in total. The van der Waals surface area contributed by atoms with Crippen LogP contribution >= 0.6 is 0 Å². The number of rotatable bonds is 6. The molecule has 1 saturated carbocycles. The van der Waals surface area contributed by atoms with Crippen LogP contribution in [0.1, 0.15) is 24.5 Å². The van der Waals surface area contributed by atoms with E-state index in [1.54, 1.807) is 32.4 Å². The number of aromatic amines is 1. The van der Waals surface area contributed by atoms with Crippen LogP contribution in [0.25, 0.3) is 11.3 Å². The third-order valence-corrected chi connectivity index (χ3v) is 4.76. The van der Waals surface area contributed by atoms with Gasteiger partial charge in [0, 0.05) is 23.2 Å². The Bertz CT molecular complexity index is 1050. The molecule has 0 radical (unpaired) electrons. The van der Waals surface area contributed by atoms with Gasteiger partial charge < -0.3 is 20.1 Å². The quantitative estimate of drug-likeness (QED) is 0.561. The van der Waals surface area contributed by atoms with Crippen molar-refractivity contribution >= 4 is 17.4 Å². The zero-order chi connectivity index (χ0) is 20.4. The summed E-state index contributed by atoms with van der Waals surface area (Å²) >= 11 is 0. The van der Waals surface area contributed by atoms with Crippen molar-refractivity contribution in [3.05, 3.63) is 54.0 Å². The highest BCUT2D eigenvalue weighted by Crippen LogP contribution is 2.46. The van der Waals surface area contributed by atoms with E-state index in [0.29, 0.717) is 34.5 Å². The number of H-pyrrole nitrogens is 1. The first-order valence-electron chi connectivity index (χ1n) is 9.23. The molecular formula is C21H21FN4O3. The van der Waals surface area contributed by atoms with E-state index < -0.39 is 11.8 Å². The Kier molecular flexibility index (Phi) is 5.07. The molecule has 0 saturated heterocycles. The lowest BCUT2D eigenvalue weighted by molar-refractivity contribution is 0.262. The topological polar surface area (TPSA) is 88.3 Å². The van der Waals surface area contributed by atoms with E-state index in [4.69, 9.17) is 9.47 Å². The molecule has 29 heavy (non-hydrogen) atoms. The highest BCUT2D eigenvalue weighted by molar-refractivity contribution is 6.03. The number of hydrogen-bond acceptors (Lipinski definition) is 4. The van der Waals surface area contributed by atoms with Crippen molar-refractivity contribution in [2.45, 2.75) is 18.8 Å². The van der Waals surface area contributed by atoms with Crippen LogP contribution in [-0.4, -0.2) is 30.4 Å². The number of anilines is 2. The molecule has 3 N–H and O–H groups in total. The van der Waals surface area contributed by atoms with Gasteiger partial charge in [0.2, 0.25) is 0 Å². The molecule has 0 bridgehead atoms. The Morgan fingerprint density at radius 2 is 1.97 bits per heavy atom. The lowest BCUT2D eigenvalue weighted by Crippen LogP contribution is -2.20. The van der Waals surface area contributed by atoms with E-state index in [2.05, 4.69) is 20.8 Å². The first-order chi connectivity index (χ1) is 14.1. The molecule has 1 aliphatic rings. The molecule has 2 amide bonds. The molecule has 0 spiro atoms. The summed E-state index contributed by atoms with van der Waals surface area (Å²) in [6.45, 7) is 0. The first kappa shape index (κ1) is 18.8. The van der Waals surface area contributed by atoms with Gasteiger partial charge in [-0.1, -0.05) is 6.07 Å². The van der Waals surface area contributed by atoms with Crippen LogP contribution in [0, 0.1) is 5.82 Å². The molecule has 1 aliphatic carbocycles. The second kappa shape index (κ2) is 7.83. The number of nitrogens with one attached hydrogen (secondary N) is 3. The number of urea groups is 1. The predicted octanol–water partition coefficient (Wildman–Crippen LogP) is 4.75. The van der Waals surface area contributed by atoms with E-state index in [1.807, 2.05) is 6.07 Å². The molecule has 1 aromatic heterocycles. The predicted molar refractivity (Wildman–Crippen MR) is 108 cm³/mol. The Balaban J connectivity index is 1.66. The third kappa shape index (κ3) is 4.01. The van der Waals surface area contributed by atoms with Crippen LogP contribution in [-0.2, 0) is 0 Å². The number of amides is 2. The molecule has 0 unspecified atom stereocenters. The number of halogens is 1. The largest absolute Gasteiger partial charge is 0.497 e. The summed E-state index contributed by atoms with van der Waals surface area (Å²) in [5.74, 6) is 1.13. The maximum absolute atomic E-state index is 13.4. The van der Waals surface area contributed by atoms with Crippen molar-refractivity contribution in [1.29, 1.82) is 0 Å². The standard InChI is InChI=1S/C21H21FN4O3/c1-28-15-8-9-16(17(11-15)29-2)19-20(18(25-26-19)12-6-7-12)24-21(27)23-14-5-3-4-13(22)10-14/h3-5,8-12H,6-7H2,1-2H3,(H,25,26)(H2,23,24,27). The zero-order valence-corrected chi connectivity index (χ0v) is 16.1. The fraction of sp³-hybridized carbons (Fsp3) is 0.238. The Morgan fingerprint density at radius 1 is 1.14 bits per heavy atom. The van der Waals surface area contributed by atoms with Gasteiger partial charge in [0.15, 0.2) is 0 Å². The van der Waals surface area contributed by atoms with Gasteiger partial charge in [-0.2, -0.15) is 5.10 Å². The lowest BCUT2D eigenvalue weighted by Gasteiger charge is -2.12. The average Bonchev–Trinajstić information content (AvgIpc) is 3.48. The summed E-state index contributed by atoms with van der Waals surface area (Å²) in [6, 6.07) is 10.6. The monoisotopic (exact) mass is 396 g/mol. The van der Waals surface area contributed by atoms with E-state index in [1.165, 1.54) is 18.2 Å². The third-order valence-electron chi connectivity index (χ3n) is 4.76. The second-order valence-electron chi connectivity index (χ2n) is 6.79. The maximum Gasteiger partial charge on any atom is 0.323 e. The van der Waals surface area contributed by atoms with Crippen LogP contribution in [0.2, 0.25) is 0 Å². The number of hydrogen-bond donors (Lipinski definition) is 3. The molecule has 2 aromatic carbocycles. The minimum atomic E-state index is -0.479. The summed E-state index contributed by atoms with van der Waals surface area (Å²) in [7, 11) is 3.15. The van der Waals surface area contributed by atoms with Gasteiger partial charge in [-0.15, -0.1) is 0 Å². The summed E-state index contributed by atoms with van der Waals surface area (Å²) in [6.07, 6.45) is 2.06. The van der Waals surface area contributed by atoms with E-state index in [9.17, 15) is 9.18 Å². The van der Waals surface area contributed by atoms with Gasteiger partial charge in [0.1, 0.15) is 23.0 Å². The summed E-state index contributed by atoms with van der Waals surface area (Å²) < 4.78 is 24.1. The van der Waals surface area contributed by atoms with Crippen molar-refractivity contribution in [2.24, 2.45) is 0 Å². The normalized spacial score (nSPS) is 13.1. The molecule has 0 atom stereocenters. The van der Waals surface area contributed by atoms with Crippen molar-refractivity contribution in [3.8, 4) is 22.8 Å². The van der Waals surface area contributed by atoms with Crippen LogP contribution < -0.4 is 20.1 Å². The molecule has 8 heteroatoms. The van der Waals surface area contributed by atoms with Gasteiger partial charge in [-0.25, -0.2) is 9.18 Å². The first-order valence-corrected chi connectivity index (χ1v) is 9.23. The maximum atomic E-state index is 13.4. The fourth-order valence-corrected chi connectivity index (χ4v) is 3.18. The summed E-state index contributed by atoms with van der Waals surface area (Å²) in [5.41, 5.74) is 3.11. The fourth-order valence-electron chi connectivity index (χ4n) is 3.18. The molecule has 0 aliphatic heterocycles. The van der Waals surface area contributed by atoms with Crippen LogP contribution in [0.5, 0.6) is 11.5 Å². The van der Waals surface area contributed by atoms with E-state index in [0.717, 1.165) is 24.1 Å². The van der Waals surface area contributed by atoms with E-state index >= 15 is 0 Å². The Labute approximate surface area is 167 Å². The highest BCUT2D eigenvalue weighted by atomic mass is 19.1. The molecule has 1 heterocycles. The summed E-state index contributed by atoms with van der Waals surface area (Å²) in [4.78, 5) is 12.6. The van der Waals surface area contributed by atoms with Gasteiger partial charge in [0.25, 0.3) is 0 Å². The molecule has 150 valence electrons. The van der Waals surface area contributed by atoms with Crippen molar-refractivity contribution in [2.75, 3.05) is 24.9 Å². The van der Waals surface area contributed by atoms with Gasteiger partial charge in [-0.05, 0) is 43.2 Å². The smallest absolute Gasteiger partial charge is 0.323 e.